The summed E-state index contributed by atoms with van der Waals surface area (Å²) in [6.45, 7) is 3.98. The molecule has 0 saturated heterocycles. The van der Waals surface area contributed by atoms with Crippen LogP contribution in [0.4, 0.5) is 5.69 Å². The van der Waals surface area contributed by atoms with E-state index < -0.39 is 0 Å². The highest BCUT2D eigenvalue weighted by molar-refractivity contribution is 9.10. The van der Waals surface area contributed by atoms with Gasteiger partial charge < -0.3 is 5.32 Å². The van der Waals surface area contributed by atoms with Crippen LogP contribution in [0, 0.1) is 13.8 Å². The molecule has 0 saturated carbocycles. The van der Waals surface area contributed by atoms with Crippen molar-refractivity contribution in [1.82, 2.24) is 0 Å². The van der Waals surface area contributed by atoms with Crippen LogP contribution < -0.4 is 5.32 Å². The topological polar surface area (TPSA) is 29.1 Å². The van der Waals surface area contributed by atoms with Gasteiger partial charge in [0.2, 0.25) is 0 Å². The van der Waals surface area contributed by atoms with Gasteiger partial charge in [-0.1, -0.05) is 27.5 Å². The number of benzene rings is 2. The average molecular weight is 418 g/mol. The van der Waals surface area contributed by atoms with E-state index in [0.29, 0.717) is 10.6 Å². The molecule has 1 amide bonds. The van der Waals surface area contributed by atoms with E-state index in [1.165, 1.54) is 0 Å². The Morgan fingerprint density at radius 1 is 1.10 bits per heavy atom. The maximum atomic E-state index is 12.2. The summed E-state index contributed by atoms with van der Waals surface area (Å²) in [6.07, 6.45) is 0. The number of amides is 1. The van der Waals surface area contributed by atoms with E-state index in [0.717, 1.165) is 25.8 Å². The number of halogens is 3. The lowest BCUT2D eigenvalue weighted by molar-refractivity contribution is 0.102. The zero-order chi connectivity index (χ0) is 14.9. The number of hydrogen-bond donors (Lipinski definition) is 1. The van der Waals surface area contributed by atoms with Gasteiger partial charge in [0.25, 0.3) is 5.91 Å². The van der Waals surface area contributed by atoms with Gasteiger partial charge in [0, 0.05) is 20.2 Å². The minimum atomic E-state index is -0.180. The number of carbonyl (C=O) groups excluding carboxylic acids is 1. The van der Waals surface area contributed by atoms with Crippen molar-refractivity contribution in [3.63, 3.8) is 0 Å². The maximum absolute atomic E-state index is 12.2. The quantitative estimate of drug-likeness (QED) is 0.664. The first kappa shape index (κ1) is 15.5. The fourth-order valence-electron chi connectivity index (χ4n) is 1.86. The Labute approximate surface area is 139 Å². The van der Waals surface area contributed by atoms with Crippen molar-refractivity contribution in [2.75, 3.05) is 5.32 Å². The molecule has 0 unspecified atom stereocenters. The Balaban J connectivity index is 2.25. The Bertz CT molecular complexity index is 663. The van der Waals surface area contributed by atoms with Crippen LogP contribution in [-0.2, 0) is 0 Å². The second-order valence-corrected chi connectivity index (χ2v) is 6.56. The minimum Gasteiger partial charge on any atom is -0.322 e. The van der Waals surface area contributed by atoms with Gasteiger partial charge in [-0.3, -0.25) is 4.79 Å². The van der Waals surface area contributed by atoms with Gasteiger partial charge in [-0.15, -0.1) is 0 Å². The highest BCUT2D eigenvalue weighted by Crippen LogP contribution is 2.26. The van der Waals surface area contributed by atoms with Crippen LogP contribution in [0.1, 0.15) is 21.5 Å². The second kappa shape index (κ2) is 6.29. The molecule has 5 heteroatoms. The smallest absolute Gasteiger partial charge is 0.255 e. The molecular formula is C15H12Br2ClNO. The van der Waals surface area contributed by atoms with Crippen LogP contribution in [0.5, 0.6) is 0 Å². The van der Waals surface area contributed by atoms with Crippen molar-refractivity contribution in [3.8, 4) is 0 Å². The summed E-state index contributed by atoms with van der Waals surface area (Å²) in [6, 6.07) is 8.98. The molecule has 20 heavy (non-hydrogen) atoms. The van der Waals surface area contributed by atoms with E-state index in [4.69, 9.17) is 11.6 Å². The third kappa shape index (κ3) is 3.43. The molecule has 0 bridgehead atoms. The molecule has 2 nitrogen and oxygen atoms in total. The average Bonchev–Trinajstić information content (AvgIpc) is 2.39. The van der Waals surface area contributed by atoms with Gasteiger partial charge in [-0.25, -0.2) is 0 Å². The standard InChI is InChI=1S/C15H12Br2ClNO/c1-8-5-11(6-9(2)14(8)17)19-15(20)10-3-4-12(16)13(18)7-10/h3-7H,1-2H3,(H,19,20). The second-order valence-electron chi connectivity index (χ2n) is 4.51. The Hall–Kier alpha value is -0.840. The monoisotopic (exact) mass is 415 g/mol. The molecule has 2 rings (SSSR count). The third-order valence-corrected chi connectivity index (χ3v) is 5.36. The maximum Gasteiger partial charge on any atom is 0.255 e. The van der Waals surface area contributed by atoms with Crippen LogP contribution in [0.15, 0.2) is 39.3 Å². The first-order chi connectivity index (χ1) is 9.38. The number of anilines is 1. The van der Waals surface area contributed by atoms with Crippen molar-refractivity contribution < 1.29 is 4.79 Å². The van der Waals surface area contributed by atoms with Gasteiger partial charge in [-0.2, -0.15) is 0 Å². The summed E-state index contributed by atoms with van der Waals surface area (Å²) in [7, 11) is 0. The summed E-state index contributed by atoms with van der Waals surface area (Å²) < 4.78 is 1.83. The molecule has 2 aromatic rings. The fraction of sp³-hybridized carbons (Fsp3) is 0.133. The fourth-order valence-corrected chi connectivity index (χ4v) is 2.51. The SMILES string of the molecule is Cc1cc(NC(=O)c2ccc(Br)c(Cl)c2)cc(C)c1Br. The molecule has 0 aliphatic carbocycles. The molecule has 0 aliphatic rings. The van der Waals surface area contributed by atoms with Crippen LogP contribution >= 0.6 is 43.5 Å². The van der Waals surface area contributed by atoms with Gasteiger partial charge in [0.05, 0.1) is 5.02 Å². The van der Waals surface area contributed by atoms with Crippen LogP contribution in [0.3, 0.4) is 0 Å². The Morgan fingerprint density at radius 3 is 2.25 bits per heavy atom. The molecule has 0 radical (unpaired) electrons. The van der Waals surface area contributed by atoms with Gasteiger partial charge in [-0.05, 0) is 71.2 Å². The molecule has 0 aliphatic heterocycles. The van der Waals surface area contributed by atoms with Crippen molar-refractivity contribution >= 4 is 55.1 Å². The molecule has 1 N–H and O–H groups in total. The van der Waals surface area contributed by atoms with E-state index in [-0.39, 0.29) is 5.91 Å². The lowest BCUT2D eigenvalue weighted by atomic mass is 10.1. The summed E-state index contributed by atoms with van der Waals surface area (Å²) >= 11 is 12.8. The summed E-state index contributed by atoms with van der Waals surface area (Å²) in [4.78, 5) is 12.2. The number of aryl methyl sites for hydroxylation is 2. The van der Waals surface area contributed by atoms with E-state index in [1.807, 2.05) is 26.0 Å². The minimum absolute atomic E-state index is 0.180. The lowest BCUT2D eigenvalue weighted by Crippen LogP contribution is -2.12. The van der Waals surface area contributed by atoms with Gasteiger partial charge in [0.15, 0.2) is 0 Å². The molecule has 0 spiro atoms. The summed E-state index contributed by atoms with van der Waals surface area (Å²) in [5.41, 5.74) is 3.45. The highest BCUT2D eigenvalue weighted by Gasteiger charge is 2.10. The Morgan fingerprint density at radius 2 is 1.70 bits per heavy atom. The normalized spacial score (nSPS) is 10.4. The number of hydrogen-bond acceptors (Lipinski definition) is 1. The van der Waals surface area contributed by atoms with Crippen molar-refractivity contribution in [2.24, 2.45) is 0 Å². The summed E-state index contributed by atoms with van der Waals surface area (Å²) in [5.74, 6) is -0.180. The third-order valence-electron chi connectivity index (χ3n) is 2.88. The number of nitrogens with one attached hydrogen (secondary N) is 1. The van der Waals surface area contributed by atoms with E-state index in [1.54, 1.807) is 18.2 Å². The van der Waals surface area contributed by atoms with Crippen molar-refractivity contribution in [2.45, 2.75) is 13.8 Å². The molecule has 104 valence electrons. The summed E-state index contributed by atoms with van der Waals surface area (Å²) in [5, 5.41) is 3.39. The number of rotatable bonds is 2. The van der Waals surface area contributed by atoms with E-state index in [9.17, 15) is 4.79 Å². The zero-order valence-corrected chi connectivity index (χ0v) is 14.9. The molecule has 0 aromatic heterocycles. The molecular weight excluding hydrogens is 405 g/mol. The number of carbonyl (C=O) groups is 1. The van der Waals surface area contributed by atoms with Gasteiger partial charge >= 0.3 is 0 Å². The molecule has 0 heterocycles. The van der Waals surface area contributed by atoms with Crippen molar-refractivity contribution in [1.29, 1.82) is 0 Å². The van der Waals surface area contributed by atoms with Crippen molar-refractivity contribution in [3.05, 3.63) is 61.0 Å². The van der Waals surface area contributed by atoms with Crippen LogP contribution in [0.25, 0.3) is 0 Å². The zero-order valence-electron chi connectivity index (χ0n) is 10.9. The van der Waals surface area contributed by atoms with Crippen LogP contribution in [0.2, 0.25) is 5.02 Å². The first-order valence-electron chi connectivity index (χ1n) is 5.91. The van der Waals surface area contributed by atoms with E-state index >= 15 is 0 Å². The first-order valence-corrected chi connectivity index (χ1v) is 7.88. The lowest BCUT2D eigenvalue weighted by Gasteiger charge is -2.10. The predicted octanol–water partition coefficient (Wildman–Crippen LogP) is 5.73. The predicted molar refractivity (Wildman–Crippen MR) is 90.7 cm³/mol. The molecule has 0 atom stereocenters. The van der Waals surface area contributed by atoms with E-state index in [2.05, 4.69) is 37.2 Å². The largest absolute Gasteiger partial charge is 0.322 e. The van der Waals surface area contributed by atoms with Gasteiger partial charge in [0.1, 0.15) is 0 Å². The molecule has 2 aromatic carbocycles. The van der Waals surface area contributed by atoms with Crippen LogP contribution in [-0.4, -0.2) is 5.91 Å². The Kier molecular flexibility index (Phi) is 4.89. The highest BCUT2D eigenvalue weighted by atomic mass is 79.9. The molecule has 0 fully saturated rings.